The van der Waals surface area contributed by atoms with Gasteiger partial charge < -0.3 is 15.1 Å². The van der Waals surface area contributed by atoms with Crippen LogP contribution in [-0.2, 0) is 4.79 Å². The van der Waals surface area contributed by atoms with Crippen LogP contribution in [0.2, 0.25) is 0 Å². The maximum absolute atomic E-state index is 10.2. The smallest absolute Gasteiger partial charge is 0.305 e. The molecule has 0 spiro atoms. The number of hydrogen-bond acceptors (Lipinski definition) is 3. The van der Waals surface area contributed by atoms with Gasteiger partial charge in [0.05, 0.1) is 12.5 Å². The van der Waals surface area contributed by atoms with Crippen LogP contribution in [0.25, 0.3) is 0 Å². The molecule has 4 nitrogen and oxygen atoms in total. The van der Waals surface area contributed by atoms with E-state index < -0.39 is 12.1 Å². The van der Waals surface area contributed by atoms with Gasteiger partial charge in [-0.1, -0.05) is 0 Å². The third-order valence-corrected chi connectivity index (χ3v) is 2.39. The highest BCUT2D eigenvalue weighted by atomic mass is 16.4. The topological polar surface area (TPSA) is 60.8 Å². The number of carbonyl (C=O) groups is 1. The van der Waals surface area contributed by atoms with E-state index >= 15 is 0 Å². The van der Waals surface area contributed by atoms with Crippen molar-refractivity contribution in [1.29, 1.82) is 0 Å². The van der Waals surface area contributed by atoms with E-state index in [0.29, 0.717) is 6.42 Å². The van der Waals surface area contributed by atoms with E-state index in [1.807, 2.05) is 0 Å². The monoisotopic (exact) mass is 187 g/mol. The standard InChI is InChI=1S/C9H17NO3/c11-8(7-9(12)13)3-6-10-4-1-2-5-10/h8,11H,1-7H2,(H,12,13)/t8-/m1/s1. The third-order valence-electron chi connectivity index (χ3n) is 2.39. The summed E-state index contributed by atoms with van der Waals surface area (Å²) in [6, 6.07) is 0. The molecule has 0 aromatic carbocycles. The molecular weight excluding hydrogens is 170 g/mol. The highest BCUT2D eigenvalue weighted by molar-refractivity contribution is 5.67. The van der Waals surface area contributed by atoms with E-state index in [0.717, 1.165) is 19.6 Å². The van der Waals surface area contributed by atoms with Crippen LogP contribution in [-0.4, -0.2) is 46.8 Å². The highest BCUT2D eigenvalue weighted by Gasteiger charge is 2.14. The molecule has 1 aliphatic heterocycles. The van der Waals surface area contributed by atoms with Crippen molar-refractivity contribution in [2.45, 2.75) is 31.8 Å². The van der Waals surface area contributed by atoms with Gasteiger partial charge in [0.15, 0.2) is 0 Å². The quantitative estimate of drug-likeness (QED) is 0.650. The van der Waals surface area contributed by atoms with Crippen molar-refractivity contribution in [3.05, 3.63) is 0 Å². The predicted molar refractivity (Wildman–Crippen MR) is 48.6 cm³/mol. The lowest BCUT2D eigenvalue weighted by Gasteiger charge is -2.16. The van der Waals surface area contributed by atoms with E-state index in [-0.39, 0.29) is 6.42 Å². The van der Waals surface area contributed by atoms with Crippen molar-refractivity contribution < 1.29 is 15.0 Å². The Balaban J connectivity index is 2.06. The molecule has 0 aromatic heterocycles. The molecule has 13 heavy (non-hydrogen) atoms. The summed E-state index contributed by atoms with van der Waals surface area (Å²) >= 11 is 0. The lowest BCUT2D eigenvalue weighted by atomic mass is 10.2. The Morgan fingerprint density at radius 3 is 2.54 bits per heavy atom. The van der Waals surface area contributed by atoms with E-state index in [1.165, 1.54) is 12.8 Å². The van der Waals surface area contributed by atoms with Crippen molar-refractivity contribution in [2.24, 2.45) is 0 Å². The van der Waals surface area contributed by atoms with Crippen molar-refractivity contribution in [1.82, 2.24) is 4.90 Å². The molecule has 1 rings (SSSR count). The number of hydrogen-bond donors (Lipinski definition) is 2. The van der Waals surface area contributed by atoms with Crippen LogP contribution in [0.15, 0.2) is 0 Å². The van der Waals surface area contributed by atoms with Crippen molar-refractivity contribution >= 4 is 5.97 Å². The Bertz CT molecular complexity index is 166. The number of rotatable bonds is 5. The number of carboxylic acid groups (broad SMARTS) is 1. The minimum absolute atomic E-state index is 0.131. The first-order valence-corrected chi connectivity index (χ1v) is 4.80. The molecule has 2 N–H and O–H groups in total. The number of aliphatic hydroxyl groups is 1. The molecular formula is C9H17NO3. The number of aliphatic hydroxyl groups excluding tert-OH is 1. The Hall–Kier alpha value is -0.610. The zero-order valence-corrected chi connectivity index (χ0v) is 7.78. The number of carboxylic acids is 1. The maximum atomic E-state index is 10.2. The number of likely N-dealkylation sites (tertiary alicyclic amines) is 1. The second kappa shape index (κ2) is 5.19. The molecule has 1 heterocycles. The fraction of sp³-hybridized carbons (Fsp3) is 0.889. The summed E-state index contributed by atoms with van der Waals surface area (Å²) in [6.45, 7) is 3.02. The Morgan fingerprint density at radius 2 is 2.00 bits per heavy atom. The molecule has 4 heteroatoms. The number of aliphatic carboxylic acids is 1. The van der Waals surface area contributed by atoms with Gasteiger partial charge in [-0.25, -0.2) is 0 Å². The molecule has 1 atom stereocenters. The van der Waals surface area contributed by atoms with E-state index in [2.05, 4.69) is 4.90 Å². The molecule has 0 bridgehead atoms. The molecule has 0 saturated carbocycles. The third kappa shape index (κ3) is 4.24. The molecule has 76 valence electrons. The first-order valence-electron chi connectivity index (χ1n) is 4.80. The van der Waals surface area contributed by atoms with Crippen LogP contribution in [0.1, 0.15) is 25.7 Å². The van der Waals surface area contributed by atoms with E-state index in [4.69, 9.17) is 5.11 Å². The lowest BCUT2D eigenvalue weighted by Crippen LogP contribution is -2.25. The Kier molecular flexibility index (Phi) is 4.18. The van der Waals surface area contributed by atoms with Gasteiger partial charge in [0, 0.05) is 6.54 Å². The largest absolute Gasteiger partial charge is 0.481 e. The average molecular weight is 187 g/mol. The van der Waals surface area contributed by atoms with Gasteiger partial charge in [-0.05, 0) is 32.4 Å². The first-order chi connectivity index (χ1) is 6.18. The zero-order valence-electron chi connectivity index (χ0n) is 7.78. The van der Waals surface area contributed by atoms with Crippen LogP contribution >= 0.6 is 0 Å². The van der Waals surface area contributed by atoms with Gasteiger partial charge in [0.1, 0.15) is 0 Å². The van der Waals surface area contributed by atoms with Crippen molar-refractivity contribution in [2.75, 3.05) is 19.6 Å². The fourth-order valence-corrected chi connectivity index (χ4v) is 1.64. The molecule has 0 radical (unpaired) electrons. The molecule has 0 aliphatic carbocycles. The summed E-state index contributed by atoms with van der Waals surface area (Å²) in [5, 5.41) is 17.7. The zero-order chi connectivity index (χ0) is 9.68. The summed E-state index contributed by atoms with van der Waals surface area (Å²) in [5.74, 6) is -0.922. The van der Waals surface area contributed by atoms with E-state index in [1.54, 1.807) is 0 Å². The SMILES string of the molecule is O=C(O)C[C@H](O)CCN1CCCC1. The highest BCUT2D eigenvalue weighted by Crippen LogP contribution is 2.09. The van der Waals surface area contributed by atoms with Crippen molar-refractivity contribution in [3.8, 4) is 0 Å². The van der Waals surface area contributed by atoms with Gasteiger partial charge in [-0.3, -0.25) is 4.79 Å². The van der Waals surface area contributed by atoms with Gasteiger partial charge in [0.2, 0.25) is 0 Å². The number of nitrogens with zero attached hydrogens (tertiary/aromatic N) is 1. The summed E-state index contributed by atoms with van der Waals surface area (Å²) in [7, 11) is 0. The average Bonchev–Trinajstić information content (AvgIpc) is 2.51. The molecule has 1 fully saturated rings. The maximum Gasteiger partial charge on any atom is 0.305 e. The van der Waals surface area contributed by atoms with Crippen LogP contribution in [0.4, 0.5) is 0 Å². The van der Waals surface area contributed by atoms with Crippen LogP contribution < -0.4 is 0 Å². The fourth-order valence-electron chi connectivity index (χ4n) is 1.64. The summed E-state index contributed by atoms with van der Waals surface area (Å²) in [5.41, 5.74) is 0. The van der Waals surface area contributed by atoms with Gasteiger partial charge >= 0.3 is 5.97 Å². The Labute approximate surface area is 78.2 Å². The molecule has 1 aliphatic rings. The van der Waals surface area contributed by atoms with Crippen LogP contribution in [0, 0.1) is 0 Å². The van der Waals surface area contributed by atoms with Crippen molar-refractivity contribution in [3.63, 3.8) is 0 Å². The van der Waals surface area contributed by atoms with Gasteiger partial charge in [-0.15, -0.1) is 0 Å². The summed E-state index contributed by atoms with van der Waals surface area (Å²) < 4.78 is 0. The second-order valence-electron chi connectivity index (χ2n) is 3.59. The molecule has 0 unspecified atom stereocenters. The lowest BCUT2D eigenvalue weighted by molar-refractivity contribution is -0.139. The molecule has 1 saturated heterocycles. The van der Waals surface area contributed by atoms with Crippen LogP contribution in [0.5, 0.6) is 0 Å². The second-order valence-corrected chi connectivity index (χ2v) is 3.59. The summed E-state index contributed by atoms with van der Waals surface area (Å²) in [4.78, 5) is 12.5. The first kappa shape index (κ1) is 10.5. The summed E-state index contributed by atoms with van der Waals surface area (Å²) in [6.07, 6.45) is 2.22. The van der Waals surface area contributed by atoms with E-state index in [9.17, 15) is 9.90 Å². The molecule has 0 amide bonds. The minimum Gasteiger partial charge on any atom is -0.481 e. The predicted octanol–water partition coefficient (Wildman–Crippen LogP) is 0.308. The van der Waals surface area contributed by atoms with Gasteiger partial charge in [0.25, 0.3) is 0 Å². The van der Waals surface area contributed by atoms with Gasteiger partial charge in [-0.2, -0.15) is 0 Å². The Morgan fingerprint density at radius 1 is 1.38 bits per heavy atom. The van der Waals surface area contributed by atoms with Crippen LogP contribution in [0.3, 0.4) is 0 Å². The normalized spacial score (nSPS) is 20.4. The molecule has 0 aromatic rings. The minimum atomic E-state index is -0.922.